The Morgan fingerprint density at radius 3 is 2.53 bits per heavy atom. The number of benzene rings is 1. The summed E-state index contributed by atoms with van der Waals surface area (Å²) < 4.78 is 0.576. The van der Waals surface area contributed by atoms with Crippen molar-refractivity contribution in [3.8, 4) is 0 Å². The van der Waals surface area contributed by atoms with E-state index in [0.29, 0.717) is 28.8 Å². The van der Waals surface area contributed by atoms with Crippen LogP contribution in [-0.4, -0.2) is 79.5 Å². The lowest BCUT2D eigenvalue weighted by atomic mass is 10.1. The zero-order valence-electron chi connectivity index (χ0n) is 19.1. The summed E-state index contributed by atoms with van der Waals surface area (Å²) in [7, 11) is 1.79. The molecule has 1 aromatic heterocycles. The van der Waals surface area contributed by atoms with E-state index in [2.05, 4.69) is 10.2 Å². The molecule has 10 heteroatoms. The molecule has 4 amide bonds. The Morgan fingerprint density at radius 1 is 1.12 bits per heavy atom. The van der Waals surface area contributed by atoms with Gasteiger partial charge in [0.25, 0.3) is 5.91 Å². The number of carbonyl (C=O) groups is 3. The van der Waals surface area contributed by atoms with Crippen LogP contribution in [0.5, 0.6) is 0 Å². The van der Waals surface area contributed by atoms with Gasteiger partial charge in [-0.1, -0.05) is 11.6 Å². The number of likely N-dealkylation sites (tertiary alicyclic amines) is 1. The van der Waals surface area contributed by atoms with E-state index in [0.717, 1.165) is 43.7 Å². The van der Waals surface area contributed by atoms with E-state index in [9.17, 15) is 14.4 Å². The van der Waals surface area contributed by atoms with Gasteiger partial charge in [0.2, 0.25) is 5.91 Å². The molecule has 0 aliphatic carbocycles. The molecule has 0 saturated carbocycles. The molecule has 0 unspecified atom stereocenters. The molecule has 0 radical (unpaired) electrons. The van der Waals surface area contributed by atoms with Gasteiger partial charge in [0.1, 0.15) is 0 Å². The van der Waals surface area contributed by atoms with Crippen LogP contribution in [0, 0.1) is 0 Å². The molecule has 3 fully saturated rings. The smallest absolute Gasteiger partial charge is 0.324 e. The Hall–Kier alpha value is -2.62. The number of carbonyl (C=O) groups excluding carboxylic acids is 3. The maximum absolute atomic E-state index is 13.1. The van der Waals surface area contributed by atoms with Crippen LogP contribution in [0.15, 0.2) is 36.4 Å². The third-order valence-electron chi connectivity index (χ3n) is 6.99. The van der Waals surface area contributed by atoms with Gasteiger partial charge in [0, 0.05) is 25.0 Å². The number of rotatable bonds is 6. The lowest BCUT2D eigenvalue weighted by Gasteiger charge is -2.23. The molecule has 0 bridgehead atoms. The van der Waals surface area contributed by atoms with Crippen molar-refractivity contribution in [1.82, 2.24) is 15.1 Å². The number of halogens is 1. The summed E-state index contributed by atoms with van der Waals surface area (Å²) in [6.07, 6.45) is 3.04. The first-order chi connectivity index (χ1) is 16.4. The van der Waals surface area contributed by atoms with Gasteiger partial charge in [-0.25, -0.2) is 4.79 Å². The third-order valence-corrected chi connectivity index (χ3v) is 8.22. The fraction of sp³-hybridized carbons (Fsp3) is 0.458. The number of nitrogens with one attached hydrogen (secondary N) is 1. The number of anilines is 2. The second-order valence-corrected chi connectivity index (χ2v) is 10.8. The van der Waals surface area contributed by atoms with Crippen molar-refractivity contribution in [2.24, 2.45) is 0 Å². The van der Waals surface area contributed by atoms with Crippen LogP contribution in [0.1, 0.15) is 28.9 Å². The number of hydrogen-bond donors (Lipinski definition) is 1. The molecule has 34 heavy (non-hydrogen) atoms. The highest BCUT2D eigenvalue weighted by Crippen LogP contribution is 2.32. The molecule has 1 N–H and O–H groups in total. The highest BCUT2D eigenvalue weighted by atomic mass is 35.5. The fourth-order valence-electron chi connectivity index (χ4n) is 5.04. The molecular formula is C24H28ClN5O3S. The van der Waals surface area contributed by atoms with Crippen molar-refractivity contribution in [3.05, 3.63) is 45.6 Å². The van der Waals surface area contributed by atoms with E-state index in [-0.39, 0.29) is 29.9 Å². The van der Waals surface area contributed by atoms with Gasteiger partial charge in [-0.3, -0.25) is 19.4 Å². The highest BCUT2D eigenvalue weighted by Gasteiger charge is 2.46. The monoisotopic (exact) mass is 501 g/mol. The average molecular weight is 502 g/mol. The van der Waals surface area contributed by atoms with E-state index in [1.54, 1.807) is 29.0 Å². The van der Waals surface area contributed by atoms with E-state index in [1.165, 1.54) is 11.3 Å². The molecule has 5 rings (SSSR count). The van der Waals surface area contributed by atoms with Crippen LogP contribution < -0.4 is 15.1 Å². The quantitative estimate of drug-likeness (QED) is 0.659. The lowest BCUT2D eigenvalue weighted by Crippen LogP contribution is -2.44. The number of urea groups is 1. The van der Waals surface area contributed by atoms with Gasteiger partial charge in [-0.05, 0) is 68.8 Å². The molecule has 4 heterocycles. The number of amides is 4. The summed E-state index contributed by atoms with van der Waals surface area (Å²) in [5.74, 6) is -0.0845. The molecule has 1 aromatic carbocycles. The first-order valence-electron chi connectivity index (χ1n) is 11.6. The third kappa shape index (κ3) is 4.52. The van der Waals surface area contributed by atoms with Gasteiger partial charge in [0.15, 0.2) is 0 Å². The minimum atomic E-state index is -0.152. The van der Waals surface area contributed by atoms with E-state index >= 15 is 0 Å². The van der Waals surface area contributed by atoms with Gasteiger partial charge >= 0.3 is 6.03 Å². The summed E-state index contributed by atoms with van der Waals surface area (Å²) >= 11 is 7.21. The van der Waals surface area contributed by atoms with Crippen LogP contribution >= 0.6 is 22.9 Å². The molecule has 3 aliphatic heterocycles. The fourth-order valence-corrected chi connectivity index (χ4v) is 5.98. The number of nitrogens with zero attached hydrogens (tertiary/aromatic N) is 4. The van der Waals surface area contributed by atoms with Crippen LogP contribution in [-0.2, 0) is 4.79 Å². The van der Waals surface area contributed by atoms with Crippen LogP contribution in [0.2, 0.25) is 4.34 Å². The number of likely N-dealkylation sites (N-methyl/N-ethyl adjacent to an activating group) is 1. The summed E-state index contributed by atoms with van der Waals surface area (Å²) in [4.78, 5) is 46.3. The van der Waals surface area contributed by atoms with Gasteiger partial charge in [-0.15, -0.1) is 11.3 Å². The maximum atomic E-state index is 13.1. The van der Waals surface area contributed by atoms with Gasteiger partial charge < -0.3 is 15.1 Å². The SMILES string of the molecule is CN(C(=O)CN1CCCC1)c1ccc(N2C[C@@H]3[C@H](NC(=O)c4ccc(Cl)s4)CCN3C2=O)cc1. The van der Waals surface area contributed by atoms with Crippen molar-refractivity contribution in [1.29, 1.82) is 0 Å². The normalized spacial score (nSPS) is 22.4. The van der Waals surface area contributed by atoms with Crippen molar-refractivity contribution < 1.29 is 14.4 Å². The first-order valence-corrected chi connectivity index (χ1v) is 12.8. The molecule has 180 valence electrons. The minimum Gasteiger partial charge on any atom is -0.346 e. The Labute approximate surface area is 208 Å². The average Bonchev–Trinajstić information content (AvgIpc) is 3.62. The van der Waals surface area contributed by atoms with Crippen molar-refractivity contribution in [2.75, 3.05) is 49.6 Å². The van der Waals surface area contributed by atoms with Crippen molar-refractivity contribution in [2.45, 2.75) is 31.3 Å². The number of hydrogen-bond acceptors (Lipinski definition) is 5. The van der Waals surface area contributed by atoms with Crippen LogP contribution in [0.4, 0.5) is 16.2 Å². The highest BCUT2D eigenvalue weighted by molar-refractivity contribution is 7.18. The second kappa shape index (κ2) is 9.56. The largest absolute Gasteiger partial charge is 0.346 e. The zero-order chi connectivity index (χ0) is 23.8. The van der Waals surface area contributed by atoms with Crippen LogP contribution in [0.25, 0.3) is 0 Å². The van der Waals surface area contributed by atoms with Crippen LogP contribution in [0.3, 0.4) is 0 Å². The number of thiophene rings is 1. The Bertz CT molecular complexity index is 1080. The minimum absolute atomic E-state index is 0.0490. The maximum Gasteiger partial charge on any atom is 0.324 e. The first kappa shape index (κ1) is 23.1. The van der Waals surface area contributed by atoms with Gasteiger partial charge in [-0.2, -0.15) is 0 Å². The standard InChI is InChI=1S/C24H28ClN5O3S/c1-27(22(31)15-28-11-2-3-12-28)16-4-6-17(7-5-16)30-14-19-18(10-13-29(19)24(30)33)26-23(32)20-8-9-21(25)34-20/h4-9,18-19H,2-3,10-15H2,1H3,(H,26,32)/t18-,19-/m1/s1. The molecule has 8 nitrogen and oxygen atoms in total. The second-order valence-electron chi connectivity index (χ2n) is 9.08. The van der Waals surface area contributed by atoms with E-state index in [1.807, 2.05) is 29.2 Å². The molecule has 3 aliphatic rings. The molecule has 2 atom stereocenters. The molecule has 0 spiro atoms. The van der Waals surface area contributed by atoms with Crippen molar-refractivity contribution in [3.63, 3.8) is 0 Å². The molecule has 2 aromatic rings. The summed E-state index contributed by atoms with van der Waals surface area (Å²) in [5, 5.41) is 3.08. The zero-order valence-corrected chi connectivity index (χ0v) is 20.6. The lowest BCUT2D eigenvalue weighted by molar-refractivity contribution is -0.119. The predicted octanol–water partition coefficient (Wildman–Crippen LogP) is 3.27. The number of fused-ring (bicyclic) bond motifs is 1. The molecule has 3 saturated heterocycles. The topological polar surface area (TPSA) is 76.2 Å². The Kier molecular flexibility index (Phi) is 6.50. The molecular weight excluding hydrogens is 474 g/mol. The van der Waals surface area contributed by atoms with E-state index < -0.39 is 0 Å². The Balaban J connectivity index is 1.22. The predicted molar refractivity (Wildman–Crippen MR) is 134 cm³/mol. The van der Waals surface area contributed by atoms with E-state index in [4.69, 9.17) is 11.6 Å². The summed E-state index contributed by atoms with van der Waals surface area (Å²) in [5.41, 5.74) is 1.60. The van der Waals surface area contributed by atoms with Gasteiger partial charge in [0.05, 0.1) is 34.4 Å². The van der Waals surface area contributed by atoms with Crippen molar-refractivity contribution >= 4 is 52.2 Å². The Morgan fingerprint density at radius 2 is 1.85 bits per heavy atom. The summed E-state index contributed by atoms with van der Waals surface area (Å²) in [6, 6.07) is 10.7. The summed E-state index contributed by atoms with van der Waals surface area (Å²) in [6.45, 7) is 3.52.